The molecule has 1 aliphatic heterocycles. The average molecular weight is 356 g/mol. The molecule has 0 aromatic rings. The molecule has 17 heavy (non-hydrogen) atoms. The van der Waals surface area contributed by atoms with E-state index >= 15 is 0 Å². The molecular weight excluding hydrogens is 331 g/mol. The summed E-state index contributed by atoms with van der Waals surface area (Å²) in [7, 11) is 3.83. The molecule has 1 saturated heterocycles. The fraction of sp³-hybridized carbons (Fsp3) is 0.909. The van der Waals surface area contributed by atoms with E-state index in [1.165, 1.54) is 13.0 Å². The van der Waals surface area contributed by atoms with Gasteiger partial charge in [-0.3, -0.25) is 4.99 Å². The first-order valence-electron chi connectivity index (χ1n) is 5.85. The molecule has 1 fully saturated rings. The number of rotatable bonds is 5. The maximum absolute atomic E-state index is 5.79. The summed E-state index contributed by atoms with van der Waals surface area (Å²) in [4.78, 5) is 6.69. The van der Waals surface area contributed by atoms with Crippen LogP contribution in [-0.4, -0.2) is 57.3 Å². The second kappa shape index (κ2) is 8.93. The van der Waals surface area contributed by atoms with Gasteiger partial charge in [-0.1, -0.05) is 0 Å². The molecule has 5 nitrogen and oxygen atoms in total. The number of ether oxygens (including phenoxy) is 1. The smallest absolute Gasteiger partial charge is 0.188 e. The molecule has 1 aliphatic rings. The number of guanidine groups is 1. The minimum Gasteiger partial charge on any atom is -0.383 e. The van der Waals surface area contributed by atoms with E-state index in [4.69, 9.17) is 10.5 Å². The average Bonchev–Trinajstić information content (AvgIpc) is 2.61. The molecule has 0 bridgehead atoms. The second-order valence-electron chi connectivity index (χ2n) is 4.64. The summed E-state index contributed by atoms with van der Waals surface area (Å²) in [6, 6.07) is 0.208. The van der Waals surface area contributed by atoms with Crippen LogP contribution in [0.15, 0.2) is 4.99 Å². The standard InChI is InChI=1S/C11H24N4O.HI/c1-9(8-16-3)14-11(12)13-6-10-4-5-15(2)7-10;/h9-10H,4-8H2,1-3H3,(H3,12,13,14);1H. The maximum Gasteiger partial charge on any atom is 0.188 e. The van der Waals surface area contributed by atoms with Crippen molar-refractivity contribution in [3.05, 3.63) is 0 Å². The molecule has 0 saturated carbocycles. The quantitative estimate of drug-likeness (QED) is 0.428. The van der Waals surface area contributed by atoms with E-state index in [-0.39, 0.29) is 30.0 Å². The minimum absolute atomic E-state index is 0. The van der Waals surface area contributed by atoms with Crippen molar-refractivity contribution >= 4 is 29.9 Å². The Bertz CT molecular complexity index is 238. The molecular formula is C11H25IN4O. The zero-order chi connectivity index (χ0) is 12.0. The number of nitrogens with zero attached hydrogens (tertiary/aromatic N) is 2. The Hall–Kier alpha value is -0.0800. The molecule has 3 N–H and O–H groups in total. The van der Waals surface area contributed by atoms with Crippen molar-refractivity contribution in [1.82, 2.24) is 10.2 Å². The van der Waals surface area contributed by atoms with Gasteiger partial charge in [0.05, 0.1) is 6.61 Å². The highest BCUT2D eigenvalue weighted by Gasteiger charge is 2.18. The molecule has 0 spiro atoms. The topological polar surface area (TPSA) is 62.9 Å². The molecule has 0 aromatic heterocycles. The molecule has 102 valence electrons. The van der Waals surface area contributed by atoms with Gasteiger partial charge in [-0.2, -0.15) is 0 Å². The second-order valence-corrected chi connectivity index (χ2v) is 4.64. The number of methoxy groups -OCH3 is 1. The molecule has 1 rings (SSSR count). The van der Waals surface area contributed by atoms with Gasteiger partial charge < -0.3 is 20.7 Å². The fourth-order valence-electron chi connectivity index (χ4n) is 1.99. The molecule has 2 atom stereocenters. The van der Waals surface area contributed by atoms with Gasteiger partial charge in [0.2, 0.25) is 0 Å². The van der Waals surface area contributed by atoms with Crippen LogP contribution in [0.2, 0.25) is 0 Å². The Kier molecular flexibility index (Phi) is 8.89. The van der Waals surface area contributed by atoms with Crippen LogP contribution in [0.25, 0.3) is 0 Å². The van der Waals surface area contributed by atoms with Gasteiger partial charge in [-0.25, -0.2) is 0 Å². The van der Waals surface area contributed by atoms with Gasteiger partial charge in [-0.05, 0) is 32.9 Å². The van der Waals surface area contributed by atoms with E-state index in [0.717, 1.165) is 13.1 Å². The lowest BCUT2D eigenvalue weighted by Gasteiger charge is -2.14. The third-order valence-corrected chi connectivity index (χ3v) is 2.82. The minimum atomic E-state index is 0. The number of hydrogen-bond acceptors (Lipinski definition) is 3. The maximum atomic E-state index is 5.79. The fourth-order valence-corrected chi connectivity index (χ4v) is 1.99. The highest BCUT2D eigenvalue weighted by molar-refractivity contribution is 14.0. The predicted octanol–water partition coefficient (Wildman–Crippen LogP) is 0.495. The Morgan fingerprint density at radius 1 is 1.65 bits per heavy atom. The molecule has 1 heterocycles. The van der Waals surface area contributed by atoms with Crippen LogP contribution in [0.5, 0.6) is 0 Å². The summed E-state index contributed by atoms with van der Waals surface area (Å²) < 4.78 is 5.02. The summed E-state index contributed by atoms with van der Waals surface area (Å²) in [5.74, 6) is 1.18. The molecule has 2 unspecified atom stereocenters. The summed E-state index contributed by atoms with van der Waals surface area (Å²) >= 11 is 0. The van der Waals surface area contributed by atoms with Gasteiger partial charge in [0, 0.05) is 26.2 Å². The first kappa shape index (κ1) is 16.9. The van der Waals surface area contributed by atoms with Gasteiger partial charge in [0.1, 0.15) is 0 Å². The molecule has 6 heteroatoms. The molecule has 0 aliphatic carbocycles. The van der Waals surface area contributed by atoms with Gasteiger partial charge in [0.25, 0.3) is 0 Å². The zero-order valence-electron chi connectivity index (χ0n) is 11.0. The lowest BCUT2D eigenvalue weighted by molar-refractivity contribution is 0.179. The monoisotopic (exact) mass is 356 g/mol. The molecule has 0 aromatic carbocycles. The molecule has 0 amide bonds. The summed E-state index contributed by atoms with van der Waals surface area (Å²) in [5, 5.41) is 3.11. The van der Waals surface area contributed by atoms with Crippen molar-refractivity contribution in [1.29, 1.82) is 0 Å². The highest BCUT2D eigenvalue weighted by Crippen LogP contribution is 2.13. The Balaban J connectivity index is 0.00000256. The predicted molar refractivity (Wildman–Crippen MR) is 82.0 cm³/mol. The SMILES string of the molecule is COCC(C)NC(N)=NCC1CCN(C)C1.I. The number of nitrogens with two attached hydrogens (primary N) is 1. The summed E-state index contributed by atoms with van der Waals surface area (Å²) in [6.45, 7) is 5.79. The normalized spacial score (nSPS) is 23.2. The highest BCUT2D eigenvalue weighted by atomic mass is 127. The van der Waals surface area contributed by atoms with Crippen molar-refractivity contribution in [3.8, 4) is 0 Å². The Morgan fingerprint density at radius 3 is 2.88 bits per heavy atom. The number of likely N-dealkylation sites (tertiary alicyclic amines) is 1. The van der Waals surface area contributed by atoms with Gasteiger partial charge >= 0.3 is 0 Å². The third-order valence-electron chi connectivity index (χ3n) is 2.82. The summed E-state index contributed by atoms with van der Waals surface area (Å²) in [6.07, 6.45) is 1.22. The van der Waals surface area contributed by atoms with Crippen LogP contribution in [-0.2, 0) is 4.74 Å². The Labute approximate surface area is 121 Å². The largest absolute Gasteiger partial charge is 0.383 e. The van der Waals surface area contributed by atoms with Crippen molar-refractivity contribution in [2.24, 2.45) is 16.6 Å². The van der Waals surface area contributed by atoms with Crippen molar-refractivity contribution in [2.45, 2.75) is 19.4 Å². The lowest BCUT2D eigenvalue weighted by Crippen LogP contribution is -2.41. The van der Waals surface area contributed by atoms with Crippen LogP contribution in [0.1, 0.15) is 13.3 Å². The molecule has 0 radical (unpaired) electrons. The van der Waals surface area contributed by atoms with Crippen LogP contribution >= 0.6 is 24.0 Å². The van der Waals surface area contributed by atoms with E-state index in [1.54, 1.807) is 7.11 Å². The number of nitrogens with one attached hydrogen (secondary N) is 1. The number of halogens is 1. The van der Waals surface area contributed by atoms with Crippen molar-refractivity contribution in [3.63, 3.8) is 0 Å². The number of aliphatic imine (C=N–C) groups is 1. The third kappa shape index (κ3) is 7.05. The first-order chi connectivity index (χ1) is 7.61. The van der Waals surface area contributed by atoms with Crippen LogP contribution in [0.4, 0.5) is 0 Å². The van der Waals surface area contributed by atoms with Crippen molar-refractivity contribution in [2.75, 3.05) is 40.4 Å². The first-order valence-corrected chi connectivity index (χ1v) is 5.85. The zero-order valence-corrected chi connectivity index (χ0v) is 13.3. The van der Waals surface area contributed by atoms with Crippen LogP contribution < -0.4 is 11.1 Å². The van der Waals surface area contributed by atoms with Crippen molar-refractivity contribution < 1.29 is 4.74 Å². The van der Waals surface area contributed by atoms with Crippen LogP contribution in [0, 0.1) is 5.92 Å². The lowest BCUT2D eigenvalue weighted by atomic mass is 10.1. The van der Waals surface area contributed by atoms with Gasteiger partial charge in [0.15, 0.2) is 5.96 Å². The summed E-state index contributed by atoms with van der Waals surface area (Å²) in [5.41, 5.74) is 5.79. The van der Waals surface area contributed by atoms with E-state index in [1.807, 2.05) is 6.92 Å². The van der Waals surface area contributed by atoms with E-state index in [2.05, 4.69) is 22.3 Å². The van der Waals surface area contributed by atoms with E-state index in [9.17, 15) is 0 Å². The van der Waals surface area contributed by atoms with Crippen LogP contribution in [0.3, 0.4) is 0 Å². The van der Waals surface area contributed by atoms with Gasteiger partial charge in [-0.15, -0.1) is 24.0 Å². The number of hydrogen-bond donors (Lipinski definition) is 2. The Morgan fingerprint density at radius 2 is 2.35 bits per heavy atom. The van der Waals surface area contributed by atoms with E-state index < -0.39 is 0 Å². The van der Waals surface area contributed by atoms with E-state index in [0.29, 0.717) is 18.5 Å².